The van der Waals surface area contributed by atoms with Gasteiger partial charge in [-0.25, -0.2) is 9.97 Å². The molecule has 0 aliphatic heterocycles. The number of aromatic nitrogens is 2. The van der Waals surface area contributed by atoms with Crippen molar-refractivity contribution in [3.8, 4) is 0 Å². The van der Waals surface area contributed by atoms with Gasteiger partial charge in [-0.3, -0.25) is 0 Å². The highest BCUT2D eigenvalue weighted by atomic mass is 35.5. The third kappa shape index (κ3) is 3.28. The van der Waals surface area contributed by atoms with E-state index in [1.165, 1.54) is 11.8 Å². The van der Waals surface area contributed by atoms with Gasteiger partial charge in [-0.1, -0.05) is 36.2 Å². The maximum Gasteiger partial charge on any atom is 0.190 e. The molecule has 0 amide bonds. The van der Waals surface area contributed by atoms with E-state index in [4.69, 9.17) is 11.6 Å². The summed E-state index contributed by atoms with van der Waals surface area (Å²) in [6.45, 7) is 0.591. The van der Waals surface area contributed by atoms with Gasteiger partial charge in [0.25, 0.3) is 0 Å². The molecule has 100 valence electrons. The van der Waals surface area contributed by atoms with Crippen molar-refractivity contribution >= 4 is 29.2 Å². The predicted molar refractivity (Wildman–Crippen MR) is 75.5 cm³/mol. The number of rotatable bonds is 4. The summed E-state index contributed by atoms with van der Waals surface area (Å²) in [7, 11) is 1.93. The van der Waals surface area contributed by atoms with Gasteiger partial charge in [0.15, 0.2) is 5.16 Å². The Morgan fingerprint density at radius 3 is 2.72 bits per heavy atom. The minimum atomic E-state index is -0.578. The molecule has 0 atom stereocenters. The van der Waals surface area contributed by atoms with Crippen LogP contribution in [-0.4, -0.2) is 40.5 Å². The number of likely N-dealkylation sites (N-methyl/N-ethyl adjacent to an activating group) is 1. The fraction of sp³-hybridized carbons (Fsp3) is 0.667. The molecule has 2 rings (SSSR count). The Morgan fingerprint density at radius 1 is 1.44 bits per heavy atom. The zero-order valence-corrected chi connectivity index (χ0v) is 12.3. The van der Waals surface area contributed by atoms with Crippen LogP contribution in [0.2, 0.25) is 5.15 Å². The Hall–Kier alpha value is -0.520. The van der Waals surface area contributed by atoms with E-state index >= 15 is 0 Å². The Kier molecular flexibility index (Phi) is 4.35. The number of hydrogen-bond donors (Lipinski definition) is 1. The van der Waals surface area contributed by atoms with E-state index < -0.39 is 5.60 Å². The lowest BCUT2D eigenvalue weighted by atomic mass is 10.0. The molecule has 0 spiro atoms. The zero-order chi connectivity index (χ0) is 13.2. The van der Waals surface area contributed by atoms with Crippen molar-refractivity contribution in [3.05, 3.63) is 11.2 Å². The van der Waals surface area contributed by atoms with Crippen LogP contribution in [-0.2, 0) is 0 Å². The second-order valence-corrected chi connectivity index (χ2v) is 5.98. The van der Waals surface area contributed by atoms with Gasteiger partial charge in [-0.15, -0.1) is 0 Å². The molecule has 1 fully saturated rings. The summed E-state index contributed by atoms with van der Waals surface area (Å²) in [6, 6.07) is 1.74. The average Bonchev–Trinajstić information content (AvgIpc) is 2.74. The summed E-state index contributed by atoms with van der Waals surface area (Å²) in [5.74, 6) is 0.764. The van der Waals surface area contributed by atoms with E-state index in [-0.39, 0.29) is 0 Å². The lowest BCUT2D eigenvalue weighted by molar-refractivity contribution is 0.0557. The summed E-state index contributed by atoms with van der Waals surface area (Å²) in [5, 5.41) is 11.5. The first-order chi connectivity index (χ1) is 8.52. The van der Waals surface area contributed by atoms with Crippen LogP contribution in [0.25, 0.3) is 0 Å². The first kappa shape index (κ1) is 13.9. The molecule has 4 nitrogen and oxygen atoms in total. The fourth-order valence-electron chi connectivity index (χ4n) is 2.39. The highest BCUT2D eigenvalue weighted by Gasteiger charge is 2.32. The number of thioether (sulfide) groups is 1. The van der Waals surface area contributed by atoms with E-state index in [1.54, 1.807) is 6.07 Å². The van der Waals surface area contributed by atoms with Crippen LogP contribution in [0.5, 0.6) is 0 Å². The second kappa shape index (κ2) is 5.63. The monoisotopic (exact) mass is 287 g/mol. The maximum absolute atomic E-state index is 10.4. The molecule has 0 radical (unpaired) electrons. The van der Waals surface area contributed by atoms with Gasteiger partial charge >= 0.3 is 0 Å². The standard InChI is InChI=1S/C12H18ClN3OS/c1-16(8-12(17)5-3-4-6-12)10-7-9(13)14-11(15-10)18-2/h7,17H,3-6,8H2,1-2H3. The number of nitrogens with zero attached hydrogens (tertiary/aromatic N) is 3. The molecular weight excluding hydrogens is 270 g/mol. The Bertz CT molecular complexity index is 424. The molecule has 0 aromatic carbocycles. The van der Waals surface area contributed by atoms with E-state index in [2.05, 4.69) is 9.97 Å². The van der Waals surface area contributed by atoms with Crippen molar-refractivity contribution in [2.24, 2.45) is 0 Å². The number of anilines is 1. The van der Waals surface area contributed by atoms with Gasteiger partial charge in [0.05, 0.1) is 5.60 Å². The summed E-state index contributed by atoms with van der Waals surface area (Å²) >= 11 is 7.43. The van der Waals surface area contributed by atoms with Crippen LogP contribution in [0, 0.1) is 0 Å². The molecule has 1 heterocycles. The molecule has 0 bridgehead atoms. The van der Waals surface area contributed by atoms with Crippen LogP contribution in [0.4, 0.5) is 5.82 Å². The first-order valence-electron chi connectivity index (χ1n) is 6.04. The molecule has 0 saturated heterocycles. The van der Waals surface area contributed by atoms with E-state index in [0.717, 1.165) is 31.5 Å². The molecule has 18 heavy (non-hydrogen) atoms. The molecule has 1 aromatic heterocycles. The SMILES string of the molecule is CSc1nc(Cl)cc(N(C)CC2(O)CCCC2)n1. The summed E-state index contributed by atoms with van der Waals surface area (Å²) in [6.07, 6.45) is 5.85. The number of hydrogen-bond acceptors (Lipinski definition) is 5. The van der Waals surface area contributed by atoms with Crippen molar-refractivity contribution in [1.82, 2.24) is 9.97 Å². The van der Waals surface area contributed by atoms with Crippen LogP contribution < -0.4 is 4.90 Å². The number of halogens is 1. The van der Waals surface area contributed by atoms with Crippen LogP contribution >= 0.6 is 23.4 Å². The normalized spacial score (nSPS) is 18.0. The van der Waals surface area contributed by atoms with Gasteiger partial charge in [0.2, 0.25) is 0 Å². The van der Waals surface area contributed by atoms with E-state index in [0.29, 0.717) is 16.9 Å². The quantitative estimate of drug-likeness (QED) is 0.524. The van der Waals surface area contributed by atoms with Gasteiger partial charge in [0.1, 0.15) is 11.0 Å². The van der Waals surface area contributed by atoms with Gasteiger partial charge < -0.3 is 10.0 Å². The molecule has 1 aromatic rings. The van der Waals surface area contributed by atoms with Crippen LogP contribution in [0.1, 0.15) is 25.7 Å². The van der Waals surface area contributed by atoms with Gasteiger partial charge in [-0.05, 0) is 19.1 Å². The highest BCUT2D eigenvalue weighted by molar-refractivity contribution is 7.98. The molecule has 1 N–H and O–H groups in total. The molecule has 1 saturated carbocycles. The Balaban J connectivity index is 2.12. The summed E-state index contributed by atoms with van der Waals surface area (Å²) in [4.78, 5) is 10.5. The fourth-order valence-corrected chi connectivity index (χ4v) is 2.99. The molecular formula is C12H18ClN3OS. The average molecular weight is 288 g/mol. The van der Waals surface area contributed by atoms with Crippen molar-refractivity contribution in [1.29, 1.82) is 0 Å². The van der Waals surface area contributed by atoms with E-state index in [9.17, 15) is 5.11 Å². The van der Waals surface area contributed by atoms with Crippen molar-refractivity contribution in [2.45, 2.75) is 36.4 Å². The topological polar surface area (TPSA) is 49.2 Å². The molecule has 1 aliphatic carbocycles. The largest absolute Gasteiger partial charge is 0.388 e. The minimum Gasteiger partial charge on any atom is -0.388 e. The Labute approximate surface area is 117 Å². The molecule has 6 heteroatoms. The van der Waals surface area contributed by atoms with Crippen molar-refractivity contribution < 1.29 is 5.11 Å². The molecule has 0 unspecified atom stereocenters. The maximum atomic E-state index is 10.4. The first-order valence-corrected chi connectivity index (χ1v) is 7.65. The molecule has 1 aliphatic rings. The van der Waals surface area contributed by atoms with Crippen LogP contribution in [0.3, 0.4) is 0 Å². The van der Waals surface area contributed by atoms with Crippen molar-refractivity contribution in [2.75, 3.05) is 24.7 Å². The van der Waals surface area contributed by atoms with Gasteiger partial charge in [0, 0.05) is 19.7 Å². The van der Waals surface area contributed by atoms with Crippen LogP contribution in [0.15, 0.2) is 11.2 Å². The van der Waals surface area contributed by atoms with Crippen molar-refractivity contribution in [3.63, 3.8) is 0 Å². The third-order valence-corrected chi connectivity index (χ3v) is 4.04. The van der Waals surface area contributed by atoms with E-state index in [1.807, 2.05) is 18.2 Å². The Morgan fingerprint density at radius 2 is 2.11 bits per heavy atom. The second-order valence-electron chi connectivity index (χ2n) is 4.82. The summed E-state index contributed by atoms with van der Waals surface area (Å²) < 4.78 is 0. The summed E-state index contributed by atoms with van der Waals surface area (Å²) in [5.41, 5.74) is -0.578. The number of aliphatic hydroxyl groups is 1. The highest BCUT2D eigenvalue weighted by Crippen LogP contribution is 2.31. The minimum absolute atomic E-state index is 0.439. The lowest BCUT2D eigenvalue weighted by Crippen LogP contribution is -2.39. The predicted octanol–water partition coefficient (Wildman–Crippen LogP) is 2.59. The van der Waals surface area contributed by atoms with Gasteiger partial charge in [-0.2, -0.15) is 0 Å². The lowest BCUT2D eigenvalue weighted by Gasteiger charge is -2.29. The third-order valence-electron chi connectivity index (χ3n) is 3.30. The smallest absolute Gasteiger partial charge is 0.190 e. The zero-order valence-electron chi connectivity index (χ0n) is 10.7.